The number of halogens is 2. The third-order valence-electron chi connectivity index (χ3n) is 6.28. The lowest BCUT2D eigenvalue weighted by atomic mass is 10.1. The number of piperazine rings is 1. The number of carbonyl (C=O) groups excluding carboxylic acids is 1. The first-order valence-corrected chi connectivity index (χ1v) is 11.1. The fourth-order valence-electron chi connectivity index (χ4n) is 4.38. The summed E-state index contributed by atoms with van der Waals surface area (Å²) in [5, 5.41) is 4.79. The SMILES string of the molecule is Cc1nn(CC(=O)N2CCN(Cc3ccccn3)CC2)c2nc(C3CC3)cc(C(F)F)c12. The van der Waals surface area contributed by atoms with Crippen molar-refractivity contribution < 1.29 is 13.6 Å². The maximum Gasteiger partial charge on any atom is 0.264 e. The van der Waals surface area contributed by atoms with E-state index < -0.39 is 6.43 Å². The predicted octanol–water partition coefficient (Wildman–Crippen LogP) is 3.29. The summed E-state index contributed by atoms with van der Waals surface area (Å²) in [5.41, 5.74) is 2.54. The normalized spacial score (nSPS) is 17.4. The molecule has 2 aliphatic rings. The van der Waals surface area contributed by atoms with E-state index in [4.69, 9.17) is 0 Å². The van der Waals surface area contributed by atoms with E-state index in [1.807, 2.05) is 23.1 Å². The van der Waals surface area contributed by atoms with Gasteiger partial charge >= 0.3 is 0 Å². The number of aryl methyl sites for hydroxylation is 1. The van der Waals surface area contributed by atoms with Crippen LogP contribution in [0.2, 0.25) is 0 Å². The monoisotopic (exact) mass is 440 g/mol. The Morgan fingerprint density at radius 2 is 1.97 bits per heavy atom. The van der Waals surface area contributed by atoms with Gasteiger partial charge in [0.15, 0.2) is 5.65 Å². The molecule has 0 N–H and O–H groups in total. The molecule has 5 rings (SSSR count). The Hall–Kier alpha value is -2.94. The van der Waals surface area contributed by atoms with Crippen LogP contribution in [0.3, 0.4) is 0 Å². The molecule has 0 radical (unpaired) electrons. The summed E-state index contributed by atoms with van der Waals surface area (Å²) in [5.74, 6) is 0.174. The lowest BCUT2D eigenvalue weighted by Gasteiger charge is -2.34. The van der Waals surface area contributed by atoms with Crippen LogP contribution in [0.25, 0.3) is 11.0 Å². The second kappa shape index (κ2) is 8.54. The number of rotatable bonds is 6. The summed E-state index contributed by atoms with van der Waals surface area (Å²) in [6.45, 7) is 5.23. The molecular weight excluding hydrogens is 414 g/mol. The van der Waals surface area contributed by atoms with Gasteiger partial charge in [-0.15, -0.1) is 0 Å². The number of fused-ring (bicyclic) bond motifs is 1. The molecule has 7 nitrogen and oxygen atoms in total. The number of hydrogen-bond donors (Lipinski definition) is 0. The summed E-state index contributed by atoms with van der Waals surface area (Å²) in [7, 11) is 0. The van der Waals surface area contributed by atoms with Gasteiger partial charge in [0, 0.05) is 56.1 Å². The average Bonchev–Trinajstić information content (AvgIpc) is 3.60. The summed E-state index contributed by atoms with van der Waals surface area (Å²) in [4.78, 5) is 26.1. The minimum absolute atomic E-state index is 0.00831. The fourth-order valence-corrected chi connectivity index (χ4v) is 4.38. The van der Waals surface area contributed by atoms with Crippen LogP contribution in [0, 0.1) is 6.92 Å². The molecule has 0 atom stereocenters. The highest BCUT2D eigenvalue weighted by Crippen LogP contribution is 2.41. The van der Waals surface area contributed by atoms with Crippen LogP contribution in [-0.4, -0.2) is 61.6 Å². The molecule has 168 valence electrons. The Balaban J connectivity index is 1.30. The number of hydrogen-bond acceptors (Lipinski definition) is 5. The first-order valence-electron chi connectivity index (χ1n) is 11.1. The summed E-state index contributed by atoms with van der Waals surface area (Å²) < 4.78 is 29.0. The van der Waals surface area contributed by atoms with Crippen LogP contribution in [0.4, 0.5) is 8.78 Å². The largest absolute Gasteiger partial charge is 0.339 e. The Morgan fingerprint density at radius 1 is 1.19 bits per heavy atom. The zero-order valence-electron chi connectivity index (χ0n) is 18.0. The maximum absolute atomic E-state index is 13.7. The summed E-state index contributed by atoms with van der Waals surface area (Å²) in [6.07, 6.45) is 1.12. The highest BCUT2D eigenvalue weighted by Gasteiger charge is 2.30. The molecule has 1 amide bonds. The molecule has 1 aliphatic heterocycles. The van der Waals surface area contributed by atoms with Gasteiger partial charge in [0.05, 0.1) is 16.8 Å². The topological polar surface area (TPSA) is 67.2 Å². The molecule has 9 heteroatoms. The van der Waals surface area contributed by atoms with E-state index in [1.165, 1.54) is 10.7 Å². The molecule has 2 fully saturated rings. The molecule has 4 heterocycles. The van der Waals surface area contributed by atoms with E-state index in [9.17, 15) is 13.6 Å². The van der Waals surface area contributed by atoms with E-state index in [0.29, 0.717) is 35.5 Å². The standard InChI is InChI=1S/C23H26F2N6O/c1-15-21-18(22(24)25)12-19(16-5-6-16)27-23(21)31(28-15)14-20(32)30-10-8-29(9-11-30)13-17-4-2-3-7-26-17/h2-4,7,12,16,22H,5-6,8-11,13-14H2,1H3. The smallest absolute Gasteiger partial charge is 0.264 e. The van der Waals surface area contributed by atoms with Gasteiger partial charge in [-0.05, 0) is 38.0 Å². The quantitative estimate of drug-likeness (QED) is 0.589. The van der Waals surface area contributed by atoms with Crippen molar-refractivity contribution in [3.63, 3.8) is 0 Å². The van der Waals surface area contributed by atoms with Crippen LogP contribution in [0.5, 0.6) is 0 Å². The first kappa shape index (κ1) is 20.9. The van der Waals surface area contributed by atoms with Crippen molar-refractivity contribution in [1.82, 2.24) is 29.5 Å². The van der Waals surface area contributed by atoms with Crippen LogP contribution in [0.15, 0.2) is 30.5 Å². The zero-order chi connectivity index (χ0) is 22.2. The second-order valence-electron chi connectivity index (χ2n) is 8.63. The van der Waals surface area contributed by atoms with Crippen molar-refractivity contribution >= 4 is 16.9 Å². The minimum Gasteiger partial charge on any atom is -0.339 e. The van der Waals surface area contributed by atoms with E-state index >= 15 is 0 Å². The fraction of sp³-hybridized carbons (Fsp3) is 0.478. The molecule has 1 saturated heterocycles. The Labute approximate surface area is 185 Å². The highest BCUT2D eigenvalue weighted by atomic mass is 19.3. The number of alkyl halides is 2. The van der Waals surface area contributed by atoms with E-state index in [1.54, 1.807) is 13.1 Å². The summed E-state index contributed by atoms with van der Waals surface area (Å²) in [6, 6.07) is 7.39. The van der Waals surface area contributed by atoms with Crippen LogP contribution >= 0.6 is 0 Å². The Morgan fingerprint density at radius 3 is 2.62 bits per heavy atom. The van der Waals surface area contributed by atoms with Crippen molar-refractivity contribution in [2.45, 2.75) is 45.2 Å². The Kier molecular flexibility index (Phi) is 5.58. The number of pyridine rings is 2. The van der Waals surface area contributed by atoms with Crippen LogP contribution < -0.4 is 0 Å². The van der Waals surface area contributed by atoms with Crippen molar-refractivity contribution in [2.75, 3.05) is 26.2 Å². The lowest BCUT2D eigenvalue weighted by Crippen LogP contribution is -2.49. The van der Waals surface area contributed by atoms with E-state index in [2.05, 4.69) is 20.0 Å². The molecule has 0 unspecified atom stereocenters. The molecule has 1 aliphatic carbocycles. The zero-order valence-corrected chi connectivity index (χ0v) is 18.0. The van der Waals surface area contributed by atoms with Crippen molar-refractivity contribution in [3.8, 4) is 0 Å². The molecule has 32 heavy (non-hydrogen) atoms. The number of nitrogens with zero attached hydrogens (tertiary/aromatic N) is 6. The molecule has 0 bridgehead atoms. The number of aromatic nitrogens is 4. The second-order valence-corrected chi connectivity index (χ2v) is 8.63. The van der Waals surface area contributed by atoms with Gasteiger partial charge in [-0.3, -0.25) is 14.7 Å². The minimum atomic E-state index is -2.60. The van der Waals surface area contributed by atoms with Crippen molar-refractivity contribution in [2.24, 2.45) is 0 Å². The van der Waals surface area contributed by atoms with Gasteiger partial charge in [0.25, 0.3) is 6.43 Å². The maximum atomic E-state index is 13.7. The van der Waals surface area contributed by atoms with E-state index in [-0.39, 0.29) is 23.9 Å². The van der Waals surface area contributed by atoms with E-state index in [0.717, 1.165) is 38.2 Å². The predicted molar refractivity (Wildman–Crippen MR) is 115 cm³/mol. The molecule has 3 aromatic rings. The molecule has 3 aromatic heterocycles. The highest BCUT2D eigenvalue weighted by molar-refractivity contribution is 5.85. The molecule has 1 saturated carbocycles. The van der Waals surface area contributed by atoms with Crippen LogP contribution in [0.1, 0.15) is 47.8 Å². The third kappa shape index (κ3) is 4.21. The van der Waals surface area contributed by atoms with Gasteiger partial charge in [-0.1, -0.05) is 6.07 Å². The molecule has 0 aromatic carbocycles. The molecule has 0 spiro atoms. The van der Waals surface area contributed by atoms with Crippen LogP contribution in [-0.2, 0) is 17.9 Å². The summed E-state index contributed by atoms with van der Waals surface area (Å²) >= 11 is 0. The third-order valence-corrected chi connectivity index (χ3v) is 6.28. The van der Waals surface area contributed by atoms with Gasteiger partial charge in [-0.25, -0.2) is 18.4 Å². The number of amides is 1. The van der Waals surface area contributed by atoms with Crippen molar-refractivity contribution in [1.29, 1.82) is 0 Å². The Bertz CT molecular complexity index is 1120. The number of carbonyl (C=O) groups is 1. The average molecular weight is 440 g/mol. The van der Waals surface area contributed by atoms with Gasteiger partial charge in [0.1, 0.15) is 6.54 Å². The van der Waals surface area contributed by atoms with Gasteiger partial charge in [0.2, 0.25) is 5.91 Å². The van der Waals surface area contributed by atoms with Crippen molar-refractivity contribution in [3.05, 3.63) is 53.1 Å². The van der Waals surface area contributed by atoms with Gasteiger partial charge < -0.3 is 4.90 Å². The molecular formula is C23H26F2N6O. The van der Waals surface area contributed by atoms with Gasteiger partial charge in [-0.2, -0.15) is 5.10 Å². The first-order chi connectivity index (χ1) is 15.5. The lowest BCUT2D eigenvalue weighted by molar-refractivity contribution is -0.133.